The lowest BCUT2D eigenvalue weighted by Gasteiger charge is -2.21. The van der Waals surface area contributed by atoms with Gasteiger partial charge >= 0.3 is 0 Å². The maximum Gasteiger partial charge on any atom is 0.132 e. The fourth-order valence-corrected chi connectivity index (χ4v) is 1.61. The van der Waals surface area contributed by atoms with Gasteiger partial charge in [0.05, 0.1) is 12.6 Å². The Bertz CT molecular complexity index is 368. The number of nitrogens with zero attached hydrogens (tertiary/aromatic N) is 2. The number of aryl methyl sites for hydroxylation is 1. The average Bonchev–Trinajstić information content (AvgIpc) is 2.35. The normalized spacial score (nSPS) is 12.6. The first kappa shape index (κ1) is 14.7. The monoisotopic (exact) mass is 252 g/mol. The Labute approximate surface area is 109 Å². The lowest BCUT2D eigenvalue weighted by atomic mass is 10.1. The molecule has 5 heteroatoms. The maximum absolute atomic E-state index is 9.34. The van der Waals surface area contributed by atoms with Crippen molar-refractivity contribution in [2.75, 3.05) is 23.8 Å². The van der Waals surface area contributed by atoms with Crippen LogP contribution in [0.3, 0.4) is 0 Å². The molecule has 1 rings (SSSR count). The minimum atomic E-state index is 0.0130. The fourth-order valence-electron chi connectivity index (χ4n) is 1.61. The second kappa shape index (κ2) is 7.16. The molecule has 0 fully saturated rings. The third-order valence-electron chi connectivity index (χ3n) is 2.78. The molecule has 18 heavy (non-hydrogen) atoms. The average molecular weight is 252 g/mol. The lowest BCUT2D eigenvalue weighted by molar-refractivity contribution is 0.249. The van der Waals surface area contributed by atoms with E-state index < -0.39 is 0 Å². The number of rotatable bonds is 7. The van der Waals surface area contributed by atoms with E-state index in [1.165, 1.54) is 0 Å². The highest BCUT2D eigenvalue weighted by Crippen LogP contribution is 2.15. The first-order chi connectivity index (χ1) is 8.60. The summed E-state index contributed by atoms with van der Waals surface area (Å²) in [7, 11) is 0. The Kier molecular flexibility index (Phi) is 5.85. The highest BCUT2D eigenvalue weighted by Gasteiger charge is 2.13. The van der Waals surface area contributed by atoms with Gasteiger partial charge < -0.3 is 15.7 Å². The SMILES string of the molecule is CCNc1cc(NC(CO)C(C)C)nc(CC)n1. The summed E-state index contributed by atoms with van der Waals surface area (Å²) < 4.78 is 0. The molecule has 1 unspecified atom stereocenters. The molecule has 0 aliphatic rings. The summed E-state index contributed by atoms with van der Waals surface area (Å²) in [5.74, 6) is 2.74. The molecule has 0 saturated carbocycles. The zero-order valence-corrected chi connectivity index (χ0v) is 11.7. The van der Waals surface area contributed by atoms with Crippen LogP contribution in [0.15, 0.2) is 6.07 Å². The Hall–Kier alpha value is -1.36. The summed E-state index contributed by atoms with van der Waals surface area (Å²) in [5.41, 5.74) is 0. The second-order valence-corrected chi connectivity index (χ2v) is 4.62. The van der Waals surface area contributed by atoms with E-state index in [0.717, 1.165) is 30.4 Å². The van der Waals surface area contributed by atoms with Gasteiger partial charge in [-0.1, -0.05) is 20.8 Å². The topological polar surface area (TPSA) is 70.1 Å². The van der Waals surface area contributed by atoms with Crippen molar-refractivity contribution in [1.29, 1.82) is 0 Å². The van der Waals surface area contributed by atoms with Crippen LogP contribution in [-0.4, -0.2) is 34.3 Å². The van der Waals surface area contributed by atoms with E-state index in [9.17, 15) is 5.11 Å². The predicted octanol–water partition coefficient (Wildman–Crippen LogP) is 1.90. The van der Waals surface area contributed by atoms with Gasteiger partial charge in [0.2, 0.25) is 0 Å². The third-order valence-corrected chi connectivity index (χ3v) is 2.78. The van der Waals surface area contributed by atoms with Crippen LogP contribution in [-0.2, 0) is 6.42 Å². The van der Waals surface area contributed by atoms with Gasteiger partial charge in [0, 0.05) is 19.0 Å². The molecule has 0 bridgehead atoms. The zero-order valence-electron chi connectivity index (χ0n) is 11.7. The van der Waals surface area contributed by atoms with Crippen LogP contribution >= 0.6 is 0 Å². The van der Waals surface area contributed by atoms with Gasteiger partial charge in [-0.05, 0) is 12.8 Å². The number of aliphatic hydroxyl groups excluding tert-OH is 1. The molecule has 1 heterocycles. The molecule has 5 nitrogen and oxygen atoms in total. The van der Waals surface area contributed by atoms with Crippen molar-refractivity contribution >= 4 is 11.6 Å². The lowest BCUT2D eigenvalue weighted by Crippen LogP contribution is -2.30. The van der Waals surface area contributed by atoms with Gasteiger partial charge in [0.25, 0.3) is 0 Å². The van der Waals surface area contributed by atoms with E-state index in [2.05, 4.69) is 34.4 Å². The molecule has 1 atom stereocenters. The van der Waals surface area contributed by atoms with Crippen molar-refractivity contribution in [2.45, 2.75) is 40.2 Å². The number of aliphatic hydroxyl groups is 1. The molecular formula is C13H24N4O. The van der Waals surface area contributed by atoms with E-state index in [-0.39, 0.29) is 12.6 Å². The van der Waals surface area contributed by atoms with Gasteiger partial charge in [-0.2, -0.15) is 0 Å². The Morgan fingerprint density at radius 3 is 2.39 bits per heavy atom. The van der Waals surface area contributed by atoms with Crippen molar-refractivity contribution in [1.82, 2.24) is 9.97 Å². The van der Waals surface area contributed by atoms with Gasteiger partial charge in [-0.25, -0.2) is 9.97 Å². The summed E-state index contributed by atoms with van der Waals surface area (Å²) in [4.78, 5) is 8.83. The van der Waals surface area contributed by atoms with Crippen LogP contribution in [0.25, 0.3) is 0 Å². The summed E-state index contributed by atoms with van der Waals surface area (Å²) in [6, 6.07) is 1.90. The Balaban J connectivity index is 2.89. The predicted molar refractivity (Wildman–Crippen MR) is 74.9 cm³/mol. The molecule has 102 valence electrons. The number of hydrogen-bond donors (Lipinski definition) is 3. The molecule has 0 aliphatic heterocycles. The molecule has 0 aliphatic carbocycles. The number of aromatic nitrogens is 2. The molecule has 0 radical (unpaired) electrons. The Morgan fingerprint density at radius 1 is 1.22 bits per heavy atom. The van der Waals surface area contributed by atoms with E-state index in [1.54, 1.807) is 0 Å². The first-order valence-corrected chi connectivity index (χ1v) is 6.59. The van der Waals surface area contributed by atoms with Gasteiger partial charge in [-0.3, -0.25) is 0 Å². The zero-order chi connectivity index (χ0) is 13.5. The van der Waals surface area contributed by atoms with Gasteiger partial charge in [0.1, 0.15) is 17.5 Å². The highest BCUT2D eigenvalue weighted by molar-refractivity contribution is 5.48. The van der Waals surface area contributed by atoms with Gasteiger partial charge in [0.15, 0.2) is 0 Å². The number of hydrogen-bond acceptors (Lipinski definition) is 5. The van der Waals surface area contributed by atoms with Crippen molar-refractivity contribution in [2.24, 2.45) is 5.92 Å². The van der Waals surface area contributed by atoms with Crippen LogP contribution in [0.5, 0.6) is 0 Å². The first-order valence-electron chi connectivity index (χ1n) is 6.59. The molecule has 0 saturated heterocycles. The van der Waals surface area contributed by atoms with E-state index in [0.29, 0.717) is 5.92 Å². The molecule has 0 spiro atoms. The molecular weight excluding hydrogens is 228 g/mol. The summed E-state index contributed by atoms with van der Waals surface area (Å²) in [5, 5.41) is 15.8. The molecule has 0 amide bonds. The summed E-state index contributed by atoms with van der Waals surface area (Å²) in [6.07, 6.45) is 0.791. The number of nitrogens with one attached hydrogen (secondary N) is 2. The van der Waals surface area contributed by atoms with Gasteiger partial charge in [-0.15, -0.1) is 0 Å². The second-order valence-electron chi connectivity index (χ2n) is 4.62. The molecule has 1 aromatic rings. The van der Waals surface area contributed by atoms with Crippen molar-refractivity contribution < 1.29 is 5.11 Å². The number of anilines is 2. The van der Waals surface area contributed by atoms with Crippen LogP contribution in [0.2, 0.25) is 0 Å². The molecule has 1 aromatic heterocycles. The Morgan fingerprint density at radius 2 is 1.89 bits per heavy atom. The van der Waals surface area contributed by atoms with Crippen molar-refractivity contribution in [3.05, 3.63) is 11.9 Å². The highest BCUT2D eigenvalue weighted by atomic mass is 16.3. The van der Waals surface area contributed by atoms with Crippen LogP contribution < -0.4 is 10.6 Å². The standard InChI is InChI=1S/C13H24N4O/c1-5-11-16-12(14-6-2)7-13(17-11)15-10(8-18)9(3)4/h7,9-10,18H,5-6,8H2,1-4H3,(H2,14,15,16,17). The molecule has 0 aromatic carbocycles. The maximum atomic E-state index is 9.34. The van der Waals surface area contributed by atoms with E-state index >= 15 is 0 Å². The molecule has 3 N–H and O–H groups in total. The summed E-state index contributed by atoms with van der Waals surface area (Å²) in [6.45, 7) is 9.13. The largest absolute Gasteiger partial charge is 0.394 e. The third kappa shape index (κ3) is 4.14. The van der Waals surface area contributed by atoms with Crippen molar-refractivity contribution in [3.8, 4) is 0 Å². The van der Waals surface area contributed by atoms with Crippen LogP contribution in [0.4, 0.5) is 11.6 Å². The fraction of sp³-hybridized carbons (Fsp3) is 0.692. The van der Waals surface area contributed by atoms with Crippen molar-refractivity contribution in [3.63, 3.8) is 0 Å². The minimum absolute atomic E-state index is 0.0130. The van der Waals surface area contributed by atoms with E-state index in [4.69, 9.17) is 0 Å². The quantitative estimate of drug-likeness (QED) is 0.691. The van der Waals surface area contributed by atoms with E-state index in [1.807, 2.05) is 19.9 Å². The summed E-state index contributed by atoms with van der Waals surface area (Å²) >= 11 is 0. The van der Waals surface area contributed by atoms with Crippen LogP contribution in [0.1, 0.15) is 33.5 Å². The smallest absolute Gasteiger partial charge is 0.132 e. The minimum Gasteiger partial charge on any atom is -0.394 e. The van der Waals surface area contributed by atoms with Crippen LogP contribution in [0, 0.1) is 5.92 Å².